The highest BCUT2D eigenvalue weighted by molar-refractivity contribution is 9.10. The number of rotatable bonds is 15. The second-order valence-corrected chi connectivity index (χ2v) is 12.8. The standard InChI is InChI=1S/C34H33BrClF5N2O4/c1-20(2)26(31(46)34(40,41)32(47)42-19-33(37,38)39)17-29(44)28(16-21-8-14-25(36)15-9-21)43-30(45)18-27(22-6-4-3-5-7-22)23-10-12-24(35)13-11-23/h3-15,20,26-28H,16-19H2,1-2H3,(H,42,47)(H,43,45)/t26-,27?,28-/m0/s1. The summed E-state index contributed by atoms with van der Waals surface area (Å²) in [5, 5.41) is 4.16. The molecular weight excluding hydrogens is 711 g/mol. The number of amides is 2. The van der Waals surface area contributed by atoms with E-state index < -0.39 is 72.2 Å². The van der Waals surface area contributed by atoms with E-state index in [9.17, 15) is 41.1 Å². The van der Waals surface area contributed by atoms with Crippen LogP contribution in [0.2, 0.25) is 5.02 Å². The van der Waals surface area contributed by atoms with E-state index >= 15 is 0 Å². The van der Waals surface area contributed by atoms with Gasteiger partial charge in [0.05, 0.1) is 6.04 Å². The van der Waals surface area contributed by atoms with Crippen LogP contribution < -0.4 is 10.6 Å². The third-order valence-electron chi connectivity index (χ3n) is 7.55. The zero-order valence-corrected chi connectivity index (χ0v) is 27.8. The maximum absolute atomic E-state index is 14.8. The lowest BCUT2D eigenvalue weighted by atomic mass is 9.82. The first-order chi connectivity index (χ1) is 22.0. The van der Waals surface area contributed by atoms with Crippen molar-refractivity contribution in [3.8, 4) is 0 Å². The van der Waals surface area contributed by atoms with Gasteiger partial charge in [-0.05, 0) is 53.3 Å². The van der Waals surface area contributed by atoms with Crippen molar-refractivity contribution in [1.82, 2.24) is 10.6 Å². The number of ketones is 2. The van der Waals surface area contributed by atoms with Crippen LogP contribution in [0, 0.1) is 11.8 Å². The second-order valence-electron chi connectivity index (χ2n) is 11.4. The highest BCUT2D eigenvalue weighted by Gasteiger charge is 2.51. The average Bonchev–Trinajstić information content (AvgIpc) is 3.02. The van der Waals surface area contributed by atoms with Gasteiger partial charge < -0.3 is 10.6 Å². The Hall–Kier alpha value is -3.64. The molecule has 3 atom stereocenters. The molecule has 0 spiro atoms. The molecule has 0 fully saturated rings. The molecule has 0 heterocycles. The van der Waals surface area contributed by atoms with Crippen LogP contribution in [-0.4, -0.2) is 48.1 Å². The monoisotopic (exact) mass is 742 g/mol. The molecule has 47 heavy (non-hydrogen) atoms. The number of Topliss-reactive ketones (excluding diaryl/α,β-unsaturated/α-hetero) is 2. The van der Waals surface area contributed by atoms with Gasteiger partial charge in [0, 0.05) is 34.2 Å². The zero-order chi connectivity index (χ0) is 34.9. The highest BCUT2D eigenvalue weighted by Crippen LogP contribution is 2.31. The van der Waals surface area contributed by atoms with Gasteiger partial charge in [-0.3, -0.25) is 19.2 Å². The fourth-order valence-electron chi connectivity index (χ4n) is 4.98. The number of alkyl halides is 5. The topological polar surface area (TPSA) is 92.3 Å². The molecule has 2 N–H and O–H groups in total. The molecule has 6 nitrogen and oxygen atoms in total. The summed E-state index contributed by atoms with van der Waals surface area (Å²) in [4.78, 5) is 52.1. The van der Waals surface area contributed by atoms with E-state index in [1.165, 1.54) is 13.8 Å². The molecule has 13 heteroatoms. The van der Waals surface area contributed by atoms with Crippen LogP contribution >= 0.6 is 27.5 Å². The van der Waals surface area contributed by atoms with E-state index in [2.05, 4.69) is 21.2 Å². The van der Waals surface area contributed by atoms with Gasteiger partial charge >= 0.3 is 12.1 Å². The lowest BCUT2D eigenvalue weighted by molar-refractivity contribution is -0.167. The molecule has 0 aliphatic rings. The molecule has 0 aliphatic carbocycles. The zero-order valence-electron chi connectivity index (χ0n) is 25.4. The van der Waals surface area contributed by atoms with Crippen molar-refractivity contribution < 1.29 is 41.1 Å². The van der Waals surface area contributed by atoms with Crippen LogP contribution in [0.3, 0.4) is 0 Å². The van der Waals surface area contributed by atoms with Gasteiger partial charge in [0.2, 0.25) is 11.7 Å². The molecule has 252 valence electrons. The first kappa shape index (κ1) is 37.8. The van der Waals surface area contributed by atoms with Crippen LogP contribution in [0.1, 0.15) is 49.3 Å². The summed E-state index contributed by atoms with van der Waals surface area (Å²) in [5.74, 6) is -13.6. The number of nitrogens with one attached hydrogen (secondary N) is 2. The Morgan fingerprint density at radius 3 is 1.94 bits per heavy atom. The Labute approximate surface area is 282 Å². The van der Waals surface area contributed by atoms with Crippen molar-refractivity contribution in [3.05, 3.63) is 105 Å². The molecule has 3 aromatic rings. The van der Waals surface area contributed by atoms with Gasteiger partial charge in [-0.2, -0.15) is 22.0 Å². The largest absolute Gasteiger partial charge is 0.405 e. The third kappa shape index (κ3) is 11.2. The molecule has 0 saturated carbocycles. The second kappa shape index (κ2) is 16.5. The summed E-state index contributed by atoms with van der Waals surface area (Å²) in [7, 11) is 0. The normalized spacial score (nSPS) is 13.8. The summed E-state index contributed by atoms with van der Waals surface area (Å²) >= 11 is 9.39. The van der Waals surface area contributed by atoms with Crippen molar-refractivity contribution in [2.75, 3.05) is 6.54 Å². The van der Waals surface area contributed by atoms with Gasteiger partial charge in [-0.15, -0.1) is 0 Å². The summed E-state index contributed by atoms with van der Waals surface area (Å²) in [6, 6.07) is 21.7. The Morgan fingerprint density at radius 1 is 0.809 bits per heavy atom. The minimum atomic E-state index is -4.98. The maximum Gasteiger partial charge on any atom is 0.405 e. The Kier molecular flexibility index (Phi) is 13.2. The number of carbonyl (C=O) groups is 4. The minimum Gasteiger partial charge on any atom is -0.346 e. The first-order valence-corrected chi connectivity index (χ1v) is 15.8. The molecule has 0 aliphatic heterocycles. The van der Waals surface area contributed by atoms with Gasteiger partial charge in [-0.25, -0.2) is 0 Å². The van der Waals surface area contributed by atoms with E-state index in [-0.39, 0.29) is 12.8 Å². The maximum atomic E-state index is 14.8. The third-order valence-corrected chi connectivity index (χ3v) is 8.33. The van der Waals surface area contributed by atoms with E-state index in [0.29, 0.717) is 10.6 Å². The van der Waals surface area contributed by atoms with Crippen LogP contribution in [0.4, 0.5) is 22.0 Å². The number of carbonyl (C=O) groups excluding carboxylic acids is 4. The summed E-state index contributed by atoms with van der Waals surface area (Å²) in [6.07, 6.45) is -5.93. The highest BCUT2D eigenvalue weighted by atomic mass is 79.9. The van der Waals surface area contributed by atoms with Crippen LogP contribution in [0.25, 0.3) is 0 Å². The molecule has 0 bridgehead atoms. The molecule has 0 saturated heterocycles. The van der Waals surface area contributed by atoms with E-state index in [1.54, 1.807) is 24.3 Å². The number of halogens is 7. The lowest BCUT2D eigenvalue weighted by Gasteiger charge is -2.26. The molecule has 0 aromatic heterocycles. The minimum absolute atomic E-state index is 0.0719. The van der Waals surface area contributed by atoms with Crippen LogP contribution in [0.5, 0.6) is 0 Å². The van der Waals surface area contributed by atoms with E-state index in [4.69, 9.17) is 11.6 Å². The van der Waals surface area contributed by atoms with E-state index in [1.807, 2.05) is 54.6 Å². The van der Waals surface area contributed by atoms with E-state index in [0.717, 1.165) is 20.9 Å². The lowest BCUT2D eigenvalue weighted by Crippen LogP contribution is -2.52. The van der Waals surface area contributed by atoms with Gasteiger partial charge in [0.25, 0.3) is 5.91 Å². The summed E-state index contributed by atoms with van der Waals surface area (Å²) < 4.78 is 68.0. The predicted molar refractivity (Wildman–Crippen MR) is 171 cm³/mol. The number of hydrogen-bond acceptors (Lipinski definition) is 4. The van der Waals surface area contributed by atoms with Crippen LogP contribution in [0.15, 0.2) is 83.3 Å². The first-order valence-electron chi connectivity index (χ1n) is 14.6. The summed E-state index contributed by atoms with van der Waals surface area (Å²) in [6.45, 7) is 0.684. The molecule has 0 radical (unpaired) electrons. The fourth-order valence-corrected chi connectivity index (χ4v) is 5.37. The number of hydrogen-bond donors (Lipinski definition) is 2. The fraction of sp³-hybridized carbons (Fsp3) is 0.353. The Balaban J connectivity index is 1.87. The predicted octanol–water partition coefficient (Wildman–Crippen LogP) is 7.47. The molecule has 3 rings (SSSR count). The summed E-state index contributed by atoms with van der Waals surface area (Å²) in [5.41, 5.74) is 2.23. The van der Waals surface area contributed by atoms with Crippen molar-refractivity contribution in [2.45, 2.75) is 57.2 Å². The molecule has 1 unspecified atom stereocenters. The quantitative estimate of drug-likeness (QED) is 0.125. The Bertz CT molecular complexity index is 1530. The van der Waals surface area contributed by atoms with Crippen molar-refractivity contribution >= 4 is 50.9 Å². The van der Waals surface area contributed by atoms with Crippen LogP contribution in [-0.2, 0) is 25.6 Å². The van der Waals surface area contributed by atoms with Gasteiger partial charge in [0.15, 0.2) is 5.78 Å². The number of benzene rings is 3. The van der Waals surface area contributed by atoms with Crippen molar-refractivity contribution in [2.24, 2.45) is 11.8 Å². The van der Waals surface area contributed by atoms with Gasteiger partial charge in [-0.1, -0.05) is 96.0 Å². The van der Waals surface area contributed by atoms with Gasteiger partial charge in [0.1, 0.15) is 6.54 Å². The van der Waals surface area contributed by atoms with Crippen molar-refractivity contribution in [1.29, 1.82) is 0 Å². The average molecular weight is 744 g/mol. The smallest absolute Gasteiger partial charge is 0.346 e. The molecule has 3 aromatic carbocycles. The SMILES string of the molecule is CC(C)[C@H](CC(=O)[C@H](Cc1ccc(Cl)cc1)NC(=O)CC(c1ccccc1)c1ccc(Br)cc1)C(=O)C(F)(F)C(=O)NCC(F)(F)F. The van der Waals surface area contributed by atoms with Crippen molar-refractivity contribution in [3.63, 3.8) is 0 Å². The molecule has 2 amide bonds. The molecular formula is C34H33BrClF5N2O4. The Morgan fingerprint density at radius 2 is 1.38 bits per heavy atom.